The number of halogens is 1. The van der Waals surface area contributed by atoms with Crippen molar-refractivity contribution >= 4 is 5.69 Å². The fourth-order valence-electron chi connectivity index (χ4n) is 3.08. The molecule has 0 bridgehead atoms. The van der Waals surface area contributed by atoms with Crippen LogP contribution in [-0.2, 0) is 0 Å². The van der Waals surface area contributed by atoms with E-state index in [9.17, 15) is 9.50 Å². The Hall–Kier alpha value is -1.17. The van der Waals surface area contributed by atoms with Gasteiger partial charge in [0.15, 0.2) is 0 Å². The van der Waals surface area contributed by atoms with Crippen molar-refractivity contribution in [2.75, 3.05) is 32.1 Å². The van der Waals surface area contributed by atoms with E-state index in [1.807, 2.05) is 27.1 Å². The summed E-state index contributed by atoms with van der Waals surface area (Å²) < 4.78 is 13.9. The molecule has 21 heavy (non-hydrogen) atoms. The molecule has 0 radical (unpaired) electrons. The zero-order valence-corrected chi connectivity index (χ0v) is 13.3. The Kier molecular flexibility index (Phi) is 4.86. The number of nitrogens with zero attached hydrogens (tertiary/aromatic N) is 2. The van der Waals surface area contributed by atoms with Crippen molar-refractivity contribution in [3.8, 4) is 0 Å². The molecular weight excluding hydrogens is 269 g/mol. The maximum Gasteiger partial charge on any atom is 0.126 e. The number of hydrogen-bond acceptors (Lipinski definition) is 4. The van der Waals surface area contributed by atoms with E-state index in [2.05, 4.69) is 9.80 Å². The van der Waals surface area contributed by atoms with Crippen molar-refractivity contribution < 1.29 is 9.50 Å². The maximum atomic E-state index is 13.9. The highest BCUT2D eigenvalue weighted by Crippen LogP contribution is 2.33. The van der Waals surface area contributed by atoms with Crippen molar-refractivity contribution in [3.63, 3.8) is 0 Å². The molecule has 0 aliphatic carbocycles. The summed E-state index contributed by atoms with van der Waals surface area (Å²) in [5.74, 6) is -0.227. The highest BCUT2D eigenvalue weighted by molar-refractivity contribution is 5.58. The first-order valence-corrected chi connectivity index (χ1v) is 7.44. The molecule has 118 valence electrons. The number of aliphatic hydroxyl groups is 1. The Balaban J connectivity index is 2.41. The van der Waals surface area contributed by atoms with Crippen LogP contribution < -0.4 is 10.6 Å². The van der Waals surface area contributed by atoms with Gasteiger partial charge in [-0.25, -0.2) is 4.39 Å². The van der Waals surface area contributed by atoms with E-state index < -0.39 is 0 Å². The molecule has 5 heteroatoms. The van der Waals surface area contributed by atoms with Crippen molar-refractivity contribution in [1.29, 1.82) is 0 Å². The first kappa shape index (κ1) is 16.2. The van der Waals surface area contributed by atoms with Crippen molar-refractivity contribution in [1.82, 2.24) is 4.90 Å². The van der Waals surface area contributed by atoms with Crippen LogP contribution in [0, 0.1) is 12.7 Å². The van der Waals surface area contributed by atoms with E-state index in [4.69, 9.17) is 5.73 Å². The van der Waals surface area contributed by atoms with Crippen LogP contribution in [0.25, 0.3) is 0 Å². The number of anilines is 1. The van der Waals surface area contributed by atoms with Gasteiger partial charge in [0.1, 0.15) is 5.82 Å². The van der Waals surface area contributed by atoms with Gasteiger partial charge in [0, 0.05) is 30.9 Å². The van der Waals surface area contributed by atoms with Gasteiger partial charge in [-0.05, 0) is 57.6 Å². The van der Waals surface area contributed by atoms with E-state index >= 15 is 0 Å². The van der Waals surface area contributed by atoms with Crippen LogP contribution in [0.4, 0.5) is 10.1 Å². The average Bonchev–Trinajstić information content (AvgIpc) is 2.71. The normalized spacial score (nSPS) is 23.9. The molecule has 0 aromatic heterocycles. The molecule has 1 aliphatic heterocycles. The molecule has 3 N–H and O–H groups in total. The Morgan fingerprint density at radius 2 is 2.14 bits per heavy atom. The lowest BCUT2D eigenvalue weighted by molar-refractivity contribution is 0.191. The Labute approximate surface area is 126 Å². The predicted octanol–water partition coefficient (Wildman–Crippen LogP) is 1.66. The summed E-state index contributed by atoms with van der Waals surface area (Å²) in [5, 5.41) is 10.0. The van der Waals surface area contributed by atoms with Crippen LogP contribution in [0.2, 0.25) is 0 Å². The molecular formula is C16H26FN3O. The summed E-state index contributed by atoms with van der Waals surface area (Å²) in [5.41, 5.74) is 8.38. The van der Waals surface area contributed by atoms with E-state index in [0.717, 1.165) is 24.2 Å². The highest BCUT2D eigenvalue weighted by Gasteiger charge is 2.33. The standard InChI is InChI=1S/C16H26FN3O/c1-10-5-16(14(11(2)18)7-15(10)17)20-9-13(21)6-12(20)8-19(3)4/h5,7,11-13,21H,6,8-9,18H2,1-4H3/t11-,12?,13?/m0/s1. The fraction of sp³-hybridized carbons (Fsp3) is 0.625. The predicted molar refractivity (Wildman–Crippen MR) is 84.1 cm³/mol. The molecule has 1 heterocycles. The summed E-state index contributed by atoms with van der Waals surface area (Å²) in [6.07, 6.45) is 0.383. The quantitative estimate of drug-likeness (QED) is 0.887. The van der Waals surface area contributed by atoms with Crippen LogP contribution in [0.3, 0.4) is 0 Å². The zero-order valence-electron chi connectivity index (χ0n) is 13.3. The van der Waals surface area contributed by atoms with Gasteiger partial charge < -0.3 is 20.6 Å². The maximum absolute atomic E-state index is 13.9. The number of β-amino-alcohol motifs (C(OH)–C–C–N with tert-alkyl or cyclic N) is 1. The van der Waals surface area contributed by atoms with Gasteiger partial charge in [0.05, 0.1) is 6.10 Å². The lowest BCUT2D eigenvalue weighted by Crippen LogP contribution is -2.38. The lowest BCUT2D eigenvalue weighted by Gasteiger charge is -2.31. The Bertz CT molecular complexity index is 505. The number of benzene rings is 1. The SMILES string of the molecule is Cc1cc(N2CC(O)CC2CN(C)C)c([C@H](C)N)cc1F. The second-order valence-electron chi connectivity index (χ2n) is 6.41. The zero-order chi connectivity index (χ0) is 15.7. The number of aryl methyl sites for hydroxylation is 1. The summed E-state index contributed by atoms with van der Waals surface area (Å²) in [6, 6.07) is 3.37. The second-order valence-corrected chi connectivity index (χ2v) is 6.41. The molecule has 1 saturated heterocycles. The topological polar surface area (TPSA) is 52.7 Å². The van der Waals surface area contributed by atoms with Crippen LogP contribution in [0.15, 0.2) is 12.1 Å². The third-order valence-corrected chi connectivity index (χ3v) is 4.08. The van der Waals surface area contributed by atoms with Crippen molar-refractivity contribution in [3.05, 3.63) is 29.1 Å². The summed E-state index contributed by atoms with van der Waals surface area (Å²) in [4.78, 5) is 4.29. The number of hydrogen-bond donors (Lipinski definition) is 2. The van der Waals surface area contributed by atoms with Crippen LogP contribution in [-0.4, -0.2) is 49.3 Å². The monoisotopic (exact) mass is 295 g/mol. The molecule has 2 unspecified atom stereocenters. The number of rotatable bonds is 4. The first-order valence-electron chi connectivity index (χ1n) is 7.44. The van der Waals surface area contributed by atoms with E-state index in [-0.39, 0.29) is 24.0 Å². The summed E-state index contributed by atoms with van der Waals surface area (Å²) >= 11 is 0. The molecule has 1 aliphatic rings. The van der Waals surface area contributed by atoms with Gasteiger partial charge in [-0.1, -0.05) is 0 Å². The molecule has 1 aromatic rings. The molecule has 4 nitrogen and oxygen atoms in total. The van der Waals surface area contributed by atoms with Gasteiger partial charge in [0.2, 0.25) is 0 Å². The third kappa shape index (κ3) is 3.54. The van der Waals surface area contributed by atoms with Gasteiger partial charge in [-0.2, -0.15) is 0 Å². The first-order chi connectivity index (χ1) is 9.79. The lowest BCUT2D eigenvalue weighted by atomic mass is 10.0. The average molecular weight is 295 g/mol. The van der Waals surface area contributed by atoms with Crippen LogP contribution >= 0.6 is 0 Å². The van der Waals surface area contributed by atoms with Crippen LogP contribution in [0.5, 0.6) is 0 Å². The molecule has 3 atom stereocenters. The second kappa shape index (κ2) is 6.30. The van der Waals surface area contributed by atoms with Gasteiger partial charge in [-0.3, -0.25) is 0 Å². The largest absolute Gasteiger partial charge is 0.391 e. The molecule has 1 aromatic carbocycles. The summed E-state index contributed by atoms with van der Waals surface area (Å²) in [6.45, 7) is 5.05. The minimum Gasteiger partial charge on any atom is -0.391 e. The number of nitrogens with two attached hydrogens (primary N) is 1. The minimum atomic E-state index is -0.346. The molecule has 2 rings (SSSR count). The van der Waals surface area contributed by atoms with Crippen LogP contribution in [0.1, 0.15) is 30.5 Å². The van der Waals surface area contributed by atoms with Crippen molar-refractivity contribution in [2.45, 2.75) is 38.5 Å². The van der Waals surface area contributed by atoms with E-state index in [0.29, 0.717) is 12.1 Å². The van der Waals surface area contributed by atoms with Crippen molar-refractivity contribution in [2.24, 2.45) is 5.73 Å². The Morgan fingerprint density at radius 3 is 2.71 bits per heavy atom. The molecule has 0 amide bonds. The molecule has 1 fully saturated rings. The highest BCUT2D eigenvalue weighted by atomic mass is 19.1. The Morgan fingerprint density at radius 1 is 1.48 bits per heavy atom. The number of likely N-dealkylation sites (N-methyl/N-ethyl adjacent to an activating group) is 1. The van der Waals surface area contributed by atoms with Gasteiger partial charge in [0.25, 0.3) is 0 Å². The molecule has 0 spiro atoms. The summed E-state index contributed by atoms with van der Waals surface area (Å²) in [7, 11) is 4.04. The van der Waals surface area contributed by atoms with Gasteiger partial charge >= 0.3 is 0 Å². The minimum absolute atomic E-state index is 0.220. The van der Waals surface area contributed by atoms with E-state index in [1.165, 1.54) is 6.07 Å². The third-order valence-electron chi connectivity index (χ3n) is 4.08. The van der Waals surface area contributed by atoms with Gasteiger partial charge in [-0.15, -0.1) is 0 Å². The molecule has 0 saturated carbocycles. The van der Waals surface area contributed by atoms with E-state index in [1.54, 1.807) is 6.92 Å². The fourth-order valence-corrected chi connectivity index (χ4v) is 3.08. The number of aliphatic hydroxyl groups excluding tert-OH is 1. The smallest absolute Gasteiger partial charge is 0.126 e.